The van der Waals surface area contributed by atoms with E-state index in [1.807, 2.05) is 24.3 Å². The number of benzene rings is 1. The lowest BCUT2D eigenvalue weighted by Gasteiger charge is -2.35. The van der Waals surface area contributed by atoms with Gasteiger partial charge in [-0.05, 0) is 49.8 Å². The number of halogens is 1. The molecule has 0 aromatic heterocycles. The van der Waals surface area contributed by atoms with Gasteiger partial charge in [0, 0.05) is 11.1 Å². The van der Waals surface area contributed by atoms with Crippen molar-refractivity contribution < 1.29 is 4.79 Å². The fourth-order valence-electron chi connectivity index (χ4n) is 2.57. The van der Waals surface area contributed by atoms with Gasteiger partial charge < -0.3 is 5.73 Å². The van der Waals surface area contributed by atoms with Crippen LogP contribution in [-0.2, 0) is 10.3 Å². The van der Waals surface area contributed by atoms with Crippen LogP contribution >= 0.6 is 11.6 Å². The molecule has 104 valence electrons. The summed E-state index contributed by atoms with van der Waals surface area (Å²) in [6.07, 6.45) is 3.03. The smallest absolute Gasteiger partial charge is 0.242 e. The van der Waals surface area contributed by atoms with Gasteiger partial charge in [0.1, 0.15) is 5.54 Å². The summed E-state index contributed by atoms with van der Waals surface area (Å²) >= 11 is 5.93. The zero-order valence-corrected chi connectivity index (χ0v) is 12.2. The number of nitrogens with two attached hydrogens (primary N) is 1. The fourth-order valence-corrected chi connectivity index (χ4v) is 2.70. The average Bonchev–Trinajstić information content (AvgIpc) is 3.21. The third kappa shape index (κ3) is 2.77. The zero-order valence-electron chi connectivity index (χ0n) is 11.4. The summed E-state index contributed by atoms with van der Waals surface area (Å²) in [5, 5.41) is 4.13. The molecule has 1 aliphatic rings. The lowest BCUT2D eigenvalue weighted by molar-refractivity contribution is -0.126. The van der Waals surface area contributed by atoms with E-state index in [2.05, 4.69) is 19.2 Å². The first-order valence-corrected chi connectivity index (χ1v) is 7.22. The number of primary amides is 1. The maximum atomic E-state index is 12.2. The van der Waals surface area contributed by atoms with Gasteiger partial charge in [-0.2, -0.15) is 0 Å². The molecule has 1 amide bonds. The quantitative estimate of drug-likeness (QED) is 0.842. The van der Waals surface area contributed by atoms with Crippen LogP contribution < -0.4 is 11.1 Å². The maximum absolute atomic E-state index is 12.2. The Morgan fingerprint density at radius 3 is 2.47 bits per heavy atom. The second-order valence-electron chi connectivity index (χ2n) is 5.41. The Balaban J connectivity index is 2.42. The molecule has 3 N–H and O–H groups in total. The van der Waals surface area contributed by atoms with Crippen LogP contribution in [0.5, 0.6) is 0 Å². The van der Waals surface area contributed by atoms with E-state index in [4.69, 9.17) is 17.3 Å². The molecule has 19 heavy (non-hydrogen) atoms. The van der Waals surface area contributed by atoms with Crippen molar-refractivity contribution >= 4 is 17.5 Å². The topological polar surface area (TPSA) is 55.1 Å². The Labute approximate surface area is 119 Å². The van der Waals surface area contributed by atoms with Crippen LogP contribution in [0.4, 0.5) is 0 Å². The van der Waals surface area contributed by atoms with Crippen molar-refractivity contribution in [3.8, 4) is 0 Å². The van der Waals surface area contributed by atoms with Gasteiger partial charge in [-0.25, -0.2) is 0 Å². The van der Waals surface area contributed by atoms with Gasteiger partial charge in [0.2, 0.25) is 5.91 Å². The molecule has 0 radical (unpaired) electrons. The van der Waals surface area contributed by atoms with E-state index in [-0.39, 0.29) is 11.9 Å². The molecule has 2 rings (SSSR count). The molecule has 0 bridgehead atoms. The second-order valence-corrected chi connectivity index (χ2v) is 5.84. The van der Waals surface area contributed by atoms with Gasteiger partial charge in [0.15, 0.2) is 0 Å². The van der Waals surface area contributed by atoms with Crippen molar-refractivity contribution in [1.82, 2.24) is 5.32 Å². The minimum absolute atomic E-state index is 0.240. The minimum atomic E-state index is -0.750. The molecule has 2 atom stereocenters. The normalized spacial score (nSPS) is 19.7. The standard InChI is InChI=1S/C15H21ClN2O/c1-3-10(2)18-15(14(17)19,11-4-5-11)12-6-8-13(16)9-7-12/h6-11,18H,3-5H2,1-2H3,(H2,17,19). The van der Waals surface area contributed by atoms with Gasteiger partial charge in [0.25, 0.3) is 0 Å². The van der Waals surface area contributed by atoms with Crippen molar-refractivity contribution in [2.24, 2.45) is 11.7 Å². The van der Waals surface area contributed by atoms with E-state index in [1.54, 1.807) is 0 Å². The Hall–Kier alpha value is -1.06. The van der Waals surface area contributed by atoms with E-state index >= 15 is 0 Å². The Morgan fingerprint density at radius 1 is 1.47 bits per heavy atom. The van der Waals surface area contributed by atoms with Crippen LogP contribution in [0.25, 0.3) is 0 Å². The molecule has 0 spiro atoms. The number of hydrogen-bond acceptors (Lipinski definition) is 2. The summed E-state index contributed by atoms with van der Waals surface area (Å²) in [5.74, 6) is -0.00204. The highest BCUT2D eigenvalue weighted by molar-refractivity contribution is 6.30. The number of carbonyl (C=O) groups is 1. The summed E-state index contributed by atoms with van der Waals surface area (Å²) in [6.45, 7) is 4.17. The molecule has 1 saturated carbocycles. The molecular weight excluding hydrogens is 260 g/mol. The summed E-state index contributed by atoms with van der Waals surface area (Å²) in [7, 11) is 0. The molecule has 0 heterocycles. The molecule has 3 nitrogen and oxygen atoms in total. The molecule has 1 aromatic rings. The summed E-state index contributed by atoms with van der Waals surface area (Å²) in [5.41, 5.74) is 5.92. The van der Waals surface area contributed by atoms with Crippen molar-refractivity contribution in [2.45, 2.75) is 44.7 Å². The van der Waals surface area contributed by atoms with Crippen LogP contribution in [0.1, 0.15) is 38.7 Å². The fraction of sp³-hybridized carbons (Fsp3) is 0.533. The number of nitrogens with one attached hydrogen (secondary N) is 1. The van der Waals surface area contributed by atoms with Crippen molar-refractivity contribution in [3.63, 3.8) is 0 Å². The van der Waals surface area contributed by atoms with Crippen LogP contribution in [0, 0.1) is 5.92 Å². The minimum Gasteiger partial charge on any atom is -0.368 e. The van der Waals surface area contributed by atoms with Gasteiger partial charge in [0.05, 0.1) is 0 Å². The largest absolute Gasteiger partial charge is 0.368 e. The maximum Gasteiger partial charge on any atom is 0.242 e. The molecule has 1 aromatic carbocycles. The van der Waals surface area contributed by atoms with Crippen molar-refractivity contribution in [1.29, 1.82) is 0 Å². The van der Waals surface area contributed by atoms with E-state index < -0.39 is 5.54 Å². The highest BCUT2D eigenvalue weighted by atomic mass is 35.5. The monoisotopic (exact) mass is 280 g/mol. The number of amides is 1. The van der Waals surface area contributed by atoms with Crippen molar-refractivity contribution in [3.05, 3.63) is 34.9 Å². The van der Waals surface area contributed by atoms with E-state index in [0.29, 0.717) is 10.9 Å². The lowest BCUT2D eigenvalue weighted by atomic mass is 9.83. The first-order chi connectivity index (χ1) is 9.00. The van der Waals surface area contributed by atoms with E-state index in [1.165, 1.54) is 0 Å². The van der Waals surface area contributed by atoms with Crippen molar-refractivity contribution in [2.75, 3.05) is 0 Å². The Bertz CT molecular complexity index is 456. The van der Waals surface area contributed by atoms with Gasteiger partial charge in [-0.3, -0.25) is 10.1 Å². The molecule has 0 saturated heterocycles. The summed E-state index contributed by atoms with van der Waals surface area (Å²) in [6, 6.07) is 7.68. The third-order valence-electron chi connectivity index (χ3n) is 3.96. The Kier molecular flexibility index (Phi) is 4.16. The van der Waals surface area contributed by atoms with Gasteiger partial charge >= 0.3 is 0 Å². The van der Waals surface area contributed by atoms with E-state index in [9.17, 15) is 4.79 Å². The van der Waals surface area contributed by atoms with Crippen LogP contribution in [0.2, 0.25) is 5.02 Å². The summed E-state index contributed by atoms with van der Waals surface area (Å²) < 4.78 is 0. The van der Waals surface area contributed by atoms with Gasteiger partial charge in [-0.15, -0.1) is 0 Å². The van der Waals surface area contributed by atoms with Crippen LogP contribution in [0.3, 0.4) is 0 Å². The molecular formula is C15H21ClN2O. The molecule has 1 fully saturated rings. The third-order valence-corrected chi connectivity index (χ3v) is 4.22. The number of hydrogen-bond donors (Lipinski definition) is 2. The van der Waals surface area contributed by atoms with E-state index in [0.717, 1.165) is 24.8 Å². The highest BCUT2D eigenvalue weighted by Crippen LogP contribution is 2.46. The predicted molar refractivity (Wildman–Crippen MR) is 77.9 cm³/mol. The van der Waals surface area contributed by atoms with Gasteiger partial charge in [-0.1, -0.05) is 30.7 Å². The molecule has 0 aliphatic heterocycles. The first kappa shape index (κ1) is 14.4. The zero-order chi connectivity index (χ0) is 14.0. The highest BCUT2D eigenvalue weighted by Gasteiger charge is 2.51. The second kappa shape index (κ2) is 5.51. The number of rotatable bonds is 6. The lowest BCUT2D eigenvalue weighted by Crippen LogP contribution is -2.57. The first-order valence-electron chi connectivity index (χ1n) is 6.84. The predicted octanol–water partition coefficient (Wildman–Crippen LogP) is 2.82. The molecule has 1 aliphatic carbocycles. The average molecular weight is 281 g/mol. The summed E-state index contributed by atoms with van der Waals surface area (Å²) in [4.78, 5) is 12.2. The SMILES string of the molecule is CCC(C)NC(C(N)=O)(c1ccc(Cl)cc1)C1CC1. The molecule has 2 unspecified atom stereocenters. The van der Waals surface area contributed by atoms with Crippen LogP contribution in [-0.4, -0.2) is 11.9 Å². The number of carbonyl (C=O) groups excluding carboxylic acids is 1. The Morgan fingerprint density at radius 2 is 2.05 bits per heavy atom. The molecule has 4 heteroatoms. The van der Waals surface area contributed by atoms with Crippen LogP contribution in [0.15, 0.2) is 24.3 Å².